The number of para-hydroxylation sites is 1. The minimum Gasteiger partial charge on any atom is -0.518 e. The van der Waals surface area contributed by atoms with E-state index in [-0.39, 0.29) is 35.7 Å². The van der Waals surface area contributed by atoms with Crippen LogP contribution in [-0.2, 0) is 0 Å². The Morgan fingerprint density at radius 1 is 1.06 bits per heavy atom. The highest BCUT2D eigenvalue weighted by atomic mass is 35.5. The Morgan fingerprint density at radius 2 is 1.83 bits per heavy atom. The van der Waals surface area contributed by atoms with Crippen molar-refractivity contribution in [2.24, 2.45) is 5.73 Å². The molecular weight excluding hydrogens is 463 g/mol. The fourth-order valence-electron chi connectivity index (χ4n) is 4.77. The van der Waals surface area contributed by atoms with E-state index in [1.54, 1.807) is 24.3 Å². The van der Waals surface area contributed by atoms with Gasteiger partial charge in [0.05, 0.1) is 17.8 Å². The SMILES string of the molecule is Cl.[C-]#[N+]c1cccc(-c2ccc3ncc(-c4cc(C)cc(F)c4)c(N4CCC(N)CC4)c3c2)c1O. The van der Waals surface area contributed by atoms with Crippen LogP contribution in [0.3, 0.4) is 0 Å². The van der Waals surface area contributed by atoms with Crippen molar-refractivity contribution in [3.05, 3.63) is 83.6 Å². The summed E-state index contributed by atoms with van der Waals surface area (Å²) in [6.07, 6.45) is 3.56. The van der Waals surface area contributed by atoms with E-state index in [1.807, 2.05) is 37.4 Å². The number of halogens is 2. The molecule has 3 aromatic carbocycles. The van der Waals surface area contributed by atoms with Crippen LogP contribution < -0.4 is 10.6 Å². The van der Waals surface area contributed by atoms with Gasteiger partial charge in [0.15, 0.2) is 0 Å². The zero-order valence-electron chi connectivity index (χ0n) is 19.3. The normalized spacial score (nSPS) is 13.9. The molecule has 0 unspecified atom stereocenters. The number of nitrogens with zero attached hydrogens (tertiary/aromatic N) is 3. The van der Waals surface area contributed by atoms with E-state index in [0.717, 1.165) is 64.8 Å². The molecule has 0 spiro atoms. The Balaban J connectivity index is 0.00000289. The molecule has 178 valence electrons. The highest BCUT2D eigenvalue weighted by Crippen LogP contribution is 2.42. The molecule has 4 aromatic rings. The van der Waals surface area contributed by atoms with E-state index < -0.39 is 0 Å². The summed E-state index contributed by atoms with van der Waals surface area (Å²) in [5.74, 6) is -0.316. The number of piperidine rings is 1. The van der Waals surface area contributed by atoms with Gasteiger partial charge < -0.3 is 15.7 Å². The van der Waals surface area contributed by atoms with Gasteiger partial charge in [0, 0.05) is 41.8 Å². The van der Waals surface area contributed by atoms with Crippen molar-refractivity contribution in [2.45, 2.75) is 25.8 Å². The number of benzene rings is 3. The molecule has 0 saturated carbocycles. The van der Waals surface area contributed by atoms with Gasteiger partial charge >= 0.3 is 0 Å². The van der Waals surface area contributed by atoms with Gasteiger partial charge in [-0.1, -0.05) is 30.3 Å². The second kappa shape index (κ2) is 9.91. The van der Waals surface area contributed by atoms with Crippen LogP contribution in [0.1, 0.15) is 18.4 Å². The van der Waals surface area contributed by atoms with E-state index in [2.05, 4.69) is 9.74 Å². The number of hydrogen-bond donors (Lipinski definition) is 2. The number of hydrogen-bond acceptors (Lipinski definition) is 4. The van der Waals surface area contributed by atoms with Crippen molar-refractivity contribution in [1.82, 2.24) is 4.98 Å². The van der Waals surface area contributed by atoms with Crippen LogP contribution in [-0.4, -0.2) is 29.2 Å². The summed E-state index contributed by atoms with van der Waals surface area (Å²) in [5, 5.41) is 11.6. The number of pyridine rings is 1. The minimum absolute atomic E-state index is 0. The van der Waals surface area contributed by atoms with Crippen LogP contribution in [0, 0.1) is 19.3 Å². The first-order chi connectivity index (χ1) is 16.4. The van der Waals surface area contributed by atoms with Crippen molar-refractivity contribution in [1.29, 1.82) is 0 Å². The summed E-state index contributed by atoms with van der Waals surface area (Å²) in [6.45, 7) is 10.8. The van der Waals surface area contributed by atoms with E-state index in [9.17, 15) is 9.50 Å². The fraction of sp³-hybridized carbons (Fsp3) is 0.214. The van der Waals surface area contributed by atoms with Crippen LogP contribution in [0.5, 0.6) is 5.75 Å². The minimum atomic E-state index is -0.281. The average Bonchev–Trinajstić information content (AvgIpc) is 2.83. The Kier molecular flexibility index (Phi) is 6.93. The summed E-state index contributed by atoms with van der Waals surface area (Å²) in [4.78, 5) is 10.4. The molecule has 0 amide bonds. The Morgan fingerprint density at radius 3 is 2.54 bits per heavy atom. The molecule has 1 fully saturated rings. The van der Waals surface area contributed by atoms with Gasteiger partial charge in [-0.25, -0.2) is 9.24 Å². The highest BCUT2D eigenvalue weighted by Gasteiger charge is 2.23. The van der Waals surface area contributed by atoms with Gasteiger partial charge in [-0.3, -0.25) is 4.98 Å². The average molecular weight is 489 g/mol. The van der Waals surface area contributed by atoms with Crippen LogP contribution in [0.2, 0.25) is 0 Å². The predicted octanol–water partition coefficient (Wildman–Crippen LogP) is 6.62. The van der Waals surface area contributed by atoms with Crippen LogP contribution in [0.4, 0.5) is 15.8 Å². The first kappa shape index (κ1) is 24.5. The van der Waals surface area contributed by atoms with E-state index >= 15 is 0 Å². The third-order valence-electron chi connectivity index (χ3n) is 6.49. The molecule has 1 aromatic heterocycles. The molecular formula is C28H26ClFN4O. The van der Waals surface area contributed by atoms with Gasteiger partial charge in [-0.05, 0) is 60.7 Å². The molecule has 7 heteroatoms. The maximum absolute atomic E-state index is 14.4. The van der Waals surface area contributed by atoms with Gasteiger partial charge in [-0.2, -0.15) is 0 Å². The van der Waals surface area contributed by atoms with Crippen LogP contribution in [0.25, 0.3) is 38.0 Å². The van der Waals surface area contributed by atoms with Gasteiger partial charge in [0.1, 0.15) is 11.6 Å². The molecule has 35 heavy (non-hydrogen) atoms. The van der Waals surface area contributed by atoms with Gasteiger partial charge in [0.2, 0.25) is 5.69 Å². The molecule has 3 N–H and O–H groups in total. The summed E-state index contributed by atoms with van der Waals surface area (Å²) >= 11 is 0. The predicted molar refractivity (Wildman–Crippen MR) is 142 cm³/mol. The maximum atomic E-state index is 14.4. The molecule has 1 aliphatic rings. The lowest BCUT2D eigenvalue weighted by Crippen LogP contribution is -2.40. The topological polar surface area (TPSA) is 66.7 Å². The quantitative estimate of drug-likeness (QED) is 0.318. The van der Waals surface area contributed by atoms with Crippen LogP contribution >= 0.6 is 12.4 Å². The number of phenols is 1. The molecule has 0 atom stereocenters. The van der Waals surface area contributed by atoms with Crippen molar-refractivity contribution < 1.29 is 9.50 Å². The standard InChI is InChI=1S/C28H25FN4O.ClH/c1-17-12-19(14-20(29)13-17)24-16-32-25-7-6-18(22-4-3-5-26(31-2)28(22)34)15-23(25)27(24)33-10-8-21(30)9-11-33;/h3-7,12-16,21,34H,8-11,30H2,1H3;1H. The number of phenolic OH excluding ortho intramolecular Hbond substituents is 1. The van der Waals surface area contributed by atoms with Gasteiger partial charge in [-0.15, -0.1) is 12.4 Å². The lowest BCUT2D eigenvalue weighted by Gasteiger charge is -2.34. The maximum Gasteiger partial charge on any atom is 0.228 e. The summed E-state index contributed by atoms with van der Waals surface area (Å²) in [6, 6.07) is 16.2. The fourth-order valence-corrected chi connectivity index (χ4v) is 4.77. The summed E-state index contributed by atoms with van der Waals surface area (Å²) < 4.78 is 14.4. The first-order valence-corrected chi connectivity index (χ1v) is 11.4. The number of aromatic hydroxyl groups is 1. The second-order valence-corrected chi connectivity index (χ2v) is 8.88. The lowest BCUT2D eigenvalue weighted by atomic mass is 9.95. The van der Waals surface area contributed by atoms with Crippen molar-refractivity contribution in [3.63, 3.8) is 0 Å². The number of anilines is 1. The number of aryl methyl sites for hydroxylation is 1. The number of aromatic nitrogens is 1. The number of fused-ring (bicyclic) bond motifs is 1. The van der Waals surface area contributed by atoms with Crippen LogP contribution in [0.15, 0.2) is 60.8 Å². The molecule has 1 aliphatic heterocycles. The van der Waals surface area contributed by atoms with Gasteiger partial charge in [0.25, 0.3) is 0 Å². The number of nitrogens with two attached hydrogens (primary N) is 1. The Labute approximate surface area is 210 Å². The molecule has 2 heterocycles. The highest BCUT2D eigenvalue weighted by molar-refractivity contribution is 6.02. The smallest absolute Gasteiger partial charge is 0.228 e. The van der Waals surface area contributed by atoms with E-state index in [0.29, 0.717) is 5.56 Å². The first-order valence-electron chi connectivity index (χ1n) is 11.4. The molecule has 0 radical (unpaired) electrons. The molecule has 5 rings (SSSR count). The Bertz CT molecular complexity index is 1420. The second-order valence-electron chi connectivity index (χ2n) is 8.88. The number of rotatable bonds is 3. The largest absolute Gasteiger partial charge is 0.518 e. The third-order valence-corrected chi connectivity index (χ3v) is 6.49. The zero-order valence-corrected chi connectivity index (χ0v) is 20.1. The third kappa shape index (κ3) is 4.66. The molecule has 0 aliphatic carbocycles. The lowest BCUT2D eigenvalue weighted by molar-refractivity contribution is 0.480. The monoisotopic (exact) mass is 488 g/mol. The summed E-state index contributed by atoms with van der Waals surface area (Å²) in [5.41, 5.74) is 12.1. The molecule has 0 bridgehead atoms. The van der Waals surface area contributed by atoms with Crippen molar-refractivity contribution in [3.8, 4) is 28.0 Å². The van der Waals surface area contributed by atoms with E-state index in [4.69, 9.17) is 17.3 Å². The Hall–Kier alpha value is -3.66. The van der Waals surface area contributed by atoms with Crippen molar-refractivity contribution >= 4 is 34.7 Å². The van der Waals surface area contributed by atoms with E-state index in [1.165, 1.54) is 6.07 Å². The summed E-state index contributed by atoms with van der Waals surface area (Å²) in [7, 11) is 0. The molecule has 1 saturated heterocycles. The van der Waals surface area contributed by atoms with Crippen molar-refractivity contribution in [2.75, 3.05) is 18.0 Å². The zero-order chi connectivity index (χ0) is 23.8. The molecule has 5 nitrogen and oxygen atoms in total.